The Morgan fingerprint density at radius 2 is 1.71 bits per heavy atom. The van der Waals surface area contributed by atoms with Gasteiger partial charge in [0, 0.05) is 37.1 Å². The maximum atomic E-state index is 14.1. The molecule has 0 bridgehead atoms. The normalized spacial score (nSPS) is 15.6. The highest BCUT2D eigenvalue weighted by Gasteiger charge is 2.40. The zero-order valence-electron chi connectivity index (χ0n) is 28.4. The van der Waals surface area contributed by atoms with Crippen LogP contribution in [0, 0.1) is 22.0 Å². The zero-order chi connectivity index (χ0) is 35.9. The topological polar surface area (TPSA) is 163 Å². The van der Waals surface area contributed by atoms with Crippen molar-refractivity contribution in [2.75, 3.05) is 33.3 Å². The monoisotopic (exact) mass is 715 g/mol. The Hall–Kier alpha value is -4.05. The average Bonchev–Trinajstić information content (AvgIpc) is 3.67. The van der Waals surface area contributed by atoms with Crippen molar-refractivity contribution in [3.63, 3.8) is 0 Å². The number of urea groups is 1. The van der Waals surface area contributed by atoms with Gasteiger partial charge in [-0.15, -0.1) is 0 Å². The summed E-state index contributed by atoms with van der Waals surface area (Å²) in [6, 6.07) is 16.2. The van der Waals surface area contributed by atoms with Gasteiger partial charge in [-0.25, -0.2) is 13.2 Å². The zero-order valence-corrected chi connectivity index (χ0v) is 30.0. The van der Waals surface area contributed by atoms with E-state index in [-0.39, 0.29) is 60.4 Å². The smallest absolute Gasteiger partial charge is 0.324 e. The first-order valence-electron chi connectivity index (χ1n) is 16.2. The number of nitrogens with zero attached hydrogens (tertiary/aromatic N) is 4. The summed E-state index contributed by atoms with van der Waals surface area (Å²) in [7, 11) is -2.53. The van der Waals surface area contributed by atoms with E-state index in [9.17, 15) is 33.2 Å². The first kappa shape index (κ1) is 37.8. The molecule has 3 atom stereocenters. The van der Waals surface area contributed by atoms with Gasteiger partial charge in [-0.05, 0) is 54.2 Å². The molecule has 266 valence electrons. The number of aliphatic hydroxyl groups excluding tert-OH is 1. The fourth-order valence-corrected chi connectivity index (χ4v) is 8.34. The Morgan fingerprint density at radius 3 is 2.29 bits per heavy atom. The minimum absolute atomic E-state index is 0.00953. The summed E-state index contributed by atoms with van der Waals surface area (Å²) in [5.41, 5.74) is 0.829. The molecular weight excluding hydrogens is 671 g/mol. The third-order valence-corrected chi connectivity index (χ3v) is 11.2. The molecule has 0 unspecified atom stereocenters. The van der Waals surface area contributed by atoms with Gasteiger partial charge in [0.25, 0.3) is 0 Å². The van der Waals surface area contributed by atoms with Gasteiger partial charge in [-0.1, -0.05) is 69.4 Å². The molecule has 4 rings (SSSR count). The summed E-state index contributed by atoms with van der Waals surface area (Å²) < 4.78 is 34.1. The van der Waals surface area contributed by atoms with E-state index in [4.69, 9.17) is 4.74 Å². The van der Waals surface area contributed by atoms with Crippen LogP contribution in [0.4, 0.5) is 9.80 Å². The summed E-state index contributed by atoms with van der Waals surface area (Å²) >= 11 is 1.00. The van der Waals surface area contributed by atoms with Crippen LogP contribution in [-0.4, -0.2) is 96.0 Å². The number of carbonyl (C=O) groups excluding carboxylic acids is 2. The number of nitro groups is 1. The molecule has 0 radical (unpaired) electrons. The quantitative estimate of drug-likeness (QED) is 0.154. The van der Waals surface area contributed by atoms with Crippen LogP contribution >= 0.6 is 11.3 Å². The molecule has 3 amide bonds. The average molecular weight is 716 g/mol. The van der Waals surface area contributed by atoms with Crippen LogP contribution in [0.2, 0.25) is 0 Å². The van der Waals surface area contributed by atoms with E-state index in [2.05, 4.69) is 5.32 Å². The van der Waals surface area contributed by atoms with E-state index < -0.39 is 39.0 Å². The Balaban J connectivity index is 1.56. The van der Waals surface area contributed by atoms with Crippen molar-refractivity contribution in [1.82, 2.24) is 19.4 Å². The standard InChI is InChI=1S/C34H45N5O8S2/c1-23(2)20-37(49(45,46)28-14-11-26(47-5)12-15-28)22-30(40)29(19-25-9-7-6-8-10-25)35-33(41)32(24(3)4)38-18-17-36(34(38)42)21-27-13-16-31(48-27)39(43)44/h6-16,23-24,29-30,32,40H,17-22H2,1-5H3,(H,35,41)/t29-,30-,32-/m0/s1. The second-order valence-corrected chi connectivity index (χ2v) is 15.9. The van der Waals surface area contributed by atoms with Crippen LogP contribution < -0.4 is 10.1 Å². The molecular formula is C34H45N5O8S2. The summed E-state index contributed by atoms with van der Waals surface area (Å²) in [6.45, 7) is 8.09. The number of nitrogens with one attached hydrogen (secondary N) is 1. The van der Waals surface area contributed by atoms with Gasteiger partial charge >= 0.3 is 11.0 Å². The third-order valence-electron chi connectivity index (χ3n) is 8.28. The first-order chi connectivity index (χ1) is 23.2. The number of benzene rings is 2. The van der Waals surface area contributed by atoms with Gasteiger partial charge in [0.15, 0.2) is 0 Å². The number of amides is 3. The Bertz CT molecular complexity index is 1680. The van der Waals surface area contributed by atoms with Crippen molar-refractivity contribution >= 4 is 38.3 Å². The molecule has 1 fully saturated rings. The maximum absolute atomic E-state index is 14.1. The first-order valence-corrected chi connectivity index (χ1v) is 18.4. The maximum Gasteiger partial charge on any atom is 0.324 e. The molecule has 0 saturated carbocycles. The van der Waals surface area contributed by atoms with Crippen molar-refractivity contribution < 1.29 is 32.8 Å². The lowest BCUT2D eigenvalue weighted by Crippen LogP contribution is -2.57. The number of hydrogen-bond acceptors (Lipinski definition) is 9. The molecule has 13 nitrogen and oxygen atoms in total. The van der Waals surface area contributed by atoms with Gasteiger partial charge in [-0.2, -0.15) is 4.31 Å². The molecule has 1 aliphatic heterocycles. The molecule has 1 aromatic heterocycles. The second-order valence-electron chi connectivity index (χ2n) is 12.8. The second kappa shape index (κ2) is 16.6. The molecule has 2 N–H and O–H groups in total. The number of thiophene rings is 1. The lowest BCUT2D eigenvalue weighted by molar-refractivity contribution is -0.380. The van der Waals surface area contributed by atoms with Gasteiger partial charge in [0.1, 0.15) is 11.8 Å². The Kier molecular flexibility index (Phi) is 12.8. The number of ether oxygens (including phenoxy) is 1. The highest BCUT2D eigenvalue weighted by Crippen LogP contribution is 2.28. The number of sulfonamides is 1. The van der Waals surface area contributed by atoms with Crippen molar-refractivity contribution in [3.05, 3.63) is 87.3 Å². The summed E-state index contributed by atoms with van der Waals surface area (Å²) in [6.07, 6.45) is -1.09. The summed E-state index contributed by atoms with van der Waals surface area (Å²) in [5, 5.41) is 25.8. The molecule has 49 heavy (non-hydrogen) atoms. The van der Waals surface area contributed by atoms with E-state index in [1.807, 2.05) is 58.0 Å². The lowest BCUT2D eigenvalue weighted by atomic mass is 9.97. The van der Waals surface area contributed by atoms with Crippen LogP contribution in [-0.2, 0) is 27.8 Å². The molecule has 2 aromatic carbocycles. The number of carbonyl (C=O) groups is 2. The van der Waals surface area contributed by atoms with Gasteiger partial charge in [0.2, 0.25) is 15.9 Å². The molecule has 1 saturated heterocycles. The number of hydrogen-bond donors (Lipinski definition) is 2. The van der Waals surface area contributed by atoms with E-state index in [0.717, 1.165) is 16.9 Å². The molecule has 1 aliphatic rings. The molecule has 3 aromatic rings. The van der Waals surface area contributed by atoms with Gasteiger partial charge < -0.3 is 25.0 Å². The molecule has 0 aliphatic carbocycles. The van der Waals surface area contributed by atoms with Gasteiger partial charge in [0.05, 0.1) is 35.6 Å². The number of aliphatic hydroxyl groups is 1. The fraction of sp³-hybridized carbons (Fsp3) is 0.471. The fourth-order valence-electron chi connectivity index (χ4n) is 5.88. The largest absolute Gasteiger partial charge is 0.497 e. The van der Waals surface area contributed by atoms with Crippen molar-refractivity contribution in [2.24, 2.45) is 11.8 Å². The van der Waals surface area contributed by atoms with Crippen LogP contribution in [0.5, 0.6) is 5.75 Å². The minimum atomic E-state index is -4.03. The Morgan fingerprint density at radius 1 is 1.04 bits per heavy atom. The van der Waals surface area contributed by atoms with Crippen LogP contribution in [0.15, 0.2) is 71.6 Å². The van der Waals surface area contributed by atoms with Crippen molar-refractivity contribution in [1.29, 1.82) is 0 Å². The van der Waals surface area contributed by atoms with Gasteiger partial charge in [-0.3, -0.25) is 14.9 Å². The van der Waals surface area contributed by atoms with Crippen LogP contribution in [0.1, 0.15) is 38.1 Å². The summed E-state index contributed by atoms with van der Waals surface area (Å²) in [5.74, 6) is -0.313. The molecule has 2 heterocycles. The van der Waals surface area contributed by atoms with E-state index in [1.54, 1.807) is 23.1 Å². The third kappa shape index (κ3) is 9.56. The molecule has 0 spiro atoms. The predicted octanol–water partition coefficient (Wildman–Crippen LogP) is 4.36. The minimum Gasteiger partial charge on any atom is -0.497 e. The van der Waals surface area contributed by atoms with E-state index in [0.29, 0.717) is 17.2 Å². The molecule has 15 heteroatoms. The summed E-state index contributed by atoms with van der Waals surface area (Å²) in [4.78, 5) is 42.0. The highest BCUT2D eigenvalue weighted by atomic mass is 32.2. The van der Waals surface area contributed by atoms with Crippen molar-refractivity contribution in [3.8, 4) is 5.75 Å². The Labute approximate surface area is 291 Å². The van der Waals surface area contributed by atoms with Crippen LogP contribution in [0.3, 0.4) is 0 Å². The highest BCUT2D eigenvalue weighted by molar-refractivity contribution is 7.89. The SMILES string of the molecule is COc1ccc(S(=O)(=O)N(CC(C)C)C[C@H](O)[C@H](Cc2ccccc2)NC(=O)[C@H](C(C)C)N2CCN(Cc3ccc([N+](=O)[O-])s3)C2=O)cc1. The van der Waals surface area contributed by atoms with Crippen LogP contribution in [0.25, 0.3) is 0 Å². The number of methoxy groups -OCH3 is 1. The van der Waals surface area contributed by atoms with E-state index >= 15 is 0 Å². The number of rotatable bonds is 17. The van der Waals surface area contributed by atoms with E-state index in [1.165, 1.54) is 34.5 Å². The predicted molar refractivity (Wildman–Crippen MR) is 187 cm³/mol. The van der Waals surface area contributed by atoms with Crippen molar-refractivity contribution in [2.45, 2.75) is 63.7 Å². The lowest BCUT2D eigenvalue weighted by Gasteiger charge is -2.34.